The molecule has 2 N–H and O–H groups in total. The Morgan fingerprint density at radius 1 is 1.18 bits per heavy atom. The van der Waals surface area contributed by atoms with Crippen LogP contribution in [-0.4, -0.2) is 35.5 Å². The maximum atomic E-state index is 12.6. The van der Waals surface area contributed by atoms with E-state index in [-0.39, 0.29) is 5.91 Å². The number of carbonyl (C=O) groups excluding carboxylic acids is 1. The van der Waals surface area contributed by atoms with Crippen molar-refractivity contribution < 1.29 is 4.79 Å². The van der Waals surface area contributed by atoms with E-state index in [4.69, 9.17) is 0 Å². The second-order valence-corrected chi connectivity index (χ2v) is 8.13. The molecule has 1 fully saturated rings. The number of aromatic nitrogens is 2. The lowest BCUT2D eigenvalue weighted by Crippen LogP contribution is -2.32. The minimum absolute atomic E-state index is 0.224. The van der Waals surface area contributed by atoms with Gasteiger partial charge in [0.2, 0.25) is 0 Å². The molecule has 3 rings (SSSR count). The molecule has 150 valence electrons. The number of hydrogen-bond acceptors (Lipinski definition) is 5. The van der Waals surface area contributed by atoms with Gasteiger partial charge < -0.3 is 15.5 Å². The Hall–Kier alpha value is -2.63. The molecule has 0 radical (unpaired) electrons. The van der Waals surface area contributed by atoms with E-state index in [1.165, 1.54) is 18.5 Å². The molecular weight excluding hydrogens is 350 g/mol. The highest BCUT2D eigenvalue weighted by atomic mass is 16.1. The van der Waals surface area contributed by atoms with Crippen molar-refractivity contribution in [3.8, 4) is 0 Å². The number of rotatable bonds is 6. The minimum atomic E-state index is -0.224. The first-order valence-electron chi connectivity index (χ1n) is 10.2. The average Bonchev–Trinajstić information content (AvgIpc) is 2.67. The molecule has 0 saturated carbocycles. The number of aryl methyl sites for hydroxylation is 1. The van der Waals surface area contributed by atoms with Crippen LogP contribution in [0.1, 0.15) is 49.9 Å². The highest BCUT2D eigenvalue weighted by Crippen LogP contribution is 2.24. The van der Waals surface area contributed by atoms with Gasteiger partial charge in [-0.15, -0.1) is 0 Å². The Kier molecular flexibility index (Phi) is 6.49. The fourth-order valence-corrected chi connectivity index (χ4v) is 3.30. The molecule has 28 heavy (non-hydrogen) atoms. The number of carbonyl (C=O) groups is 1. The van der Waals surface area contributed by atoms with Crippen molar-refractivity contribution in [2.75, 3.05) is 35.2 Å². The molecule has 1 saturated heterocycles. The van der Waals surface area contributed by atoms with Gasteiger partial charge in [0.15, 0.2) is 0 Å². The van der Waals surface area contributed by atoms with Gasteiger partial charge >= 0.3 is 0 Å². The molecule has 6 nitrogen and oxygen atoms in total. The summed E-state index contributed by atoms with van der Waals surface area (Å²) in [6.45, 7) is 11.4. The smallest absolute Gasteiger partial charge is 0.274 e. The Morgan fingerprint density at radius 2 is 1.86 bits per heavy atom. The molecule has 2 heterocycles. The molecule has 6 heteroatoms. The van der Waals surface area contributed by atoms with Crippen LogP contribution < -0.4 is 15.5 Å². The van der Waals surface area contributed by atoms with Gasteiger partial charge in [0, 0.05) is 37.1 Å². The van der Waals surface area contributed by atoms with Gasteiger partial charge in [-0.25, -0.2) is 9.97 Å². The van der Waals surface area contributed by atoms with Crippen LogP contribution in [0, 0.1) is 18.8 Å². The van der Waals surface area contributed by atoms with Gasteiger partial charge in [-0.2, -0.15) is 0 Å². The number of hydrogen-bond donors (Lipinski definition) is 2. The molecule has 1 aliphatic heterocycles. The monoisotopic (exact) mass is 381 g/mol. The third-order valence-corrected chi connectivity index (χ3v) is 5.04. The zero-order chi connectivity index (χ0) is 20.1. The molecule has 1 aliphatic rings. The summed E-state index contributed by atoms with van der Waals surface area (Å²) in [5, 5.41) is 6.19. The summed E-state index contributed by atoms with van der Waals surface area (Å²) in [6.07, 6.45) is 2.47. The molecule has 1 amide bonds. The number of amides is 1. The lowest BCUT2D eigenvalue weighted by Gasteiger charge is -2.32. The van der Waals surface area contributed by atoms with Crippen molar-refractivity contribution in [2.45, 2.75) is 40.5 Å². The molecule has 0 spiro atoms. The predicted octanol–water partition coefficient (Wildman–Crippen LogP) is 4.34. The number of nitrogens with one attached hydrogen (secondary N) is 2. The minimum Gasteiger partial charge on any atom is -0.372 e. The second-order valence-electron chi connectivity index (χ2n) is 8.13. The van der Waals surface area contributed by atoms with Crippen LogP contribution in [0.5, 0.6) is 0 Å². The number of nitrogens with zero attached hydrogens (tertiary/aromatic N) is 3. The van der Waals surface area contributed by atoms with E-state index in [0.29, 0.717) is 23.3 Å². The molecule has 1 aromatic heterocycles. The van der Waals surface area contributed by atoms with Gasteiger partial charge in [-0.05, 0) is 55.9 Å². The number of benzene rings is 1. The molecule has 0 unspecified atom stereocenters. The second kappa shape index (κ2) is 9.04. The maximum Gasteiger partial charge on any atom is 0.274 e. The Labute approximate surface area is 167 Å². The maximum absolute atomic E-state index is 12.6. The summed E-state index contributed by atoms with van der Waals surface area (Å²) in [4.78, 5) is 23.7. The molecule has 0 bridgehead atoms. The standard InChI is InChI=1S/C22H31N5O/c1-15(2)14-23-21-13-20(24-17(4)25-21)22(28)26-18-5-7-19(8-6-18)27-11-9-16(3)10-12-27/h5-8,13,15-16H,9-12,14H2,1-4H3,(H,26,28)(H,23,24,25). The van der Waals surface area contributed by atoms with Crippen molar-refractivity contribution in [2.24, 2.45) is 11.8 Å². The van der Waals surface area contributed by atoms with Gasteiger partial charge in [-0.1, -0.05) is 20.8 Å². The highest BCUT2D eigenvalue weighted by molar-refractivity contribution is 6.03. The third-order valence-electron chi connectivity index (χ3n) is 5.04. The number of anilines is 3. The summed E-state index contributed by atoms with van der Waals surface area (Å²) >= 11 is 0. The van der Waals surface area contributed by atoms with E-state index in [0.717, 1.165) is 31.2 Å². The first-order valence-corrected chi connectivity index (χ1v) is 10.2. The number of piperidine rings is 1. The zero-order valence-corrected chi connectivity index (χ0v) is 17.3. The van der Waals surface area contributed by atoms with E-state index in [2.05, 4.69) is 58.4 Å². The lowest BCUT2D eigenvalue weighted by atomic mass is 9.99. The van der Waals surface area contributed by atoms with Crippen molar-refractivity contribution in [1.82, 2.24) is 9.97 Å². The van der Waals surface area contributed by atoms with Crippen LogP contribution in [0.2, 0.25) is 0 Å². The SMILES string of the molecule is Cc1nc(NCC(C)C)cc(C(=O)Nc2ccc(N3CCC(C)CC3)cc2)n1. The average molecular weight is 382 g/mol. The molecule has 1 aromatic carbocycles. The first-order chi connectivity index (χ1) is 13.4. The van der Waals surface area contributed by atoms with E-state index >= 15 is 0 Å². The summed E-state index contributed by atoms with van der Waals surface area (Å²) in [7, 11) is 0. The van der Waals surface area contributed by atoms with Crippen LogP contribution in [0.3, 0.4) is 0 Å². The van der Waals surface area contributed by atoms with Crippen LogP contribution in [0.4, 0.5) is 17.2 Å². The molecule has 0 aliphatic carbocycles. The molecule has 2 aromatic rings. The Balaban J connectivity index is 1.64. The third kappa shape index (κ3) is 5.44. The fraction of sp³-hybridized carbons (Fsp3) is 0.500. The van der Waals surface area contributed by atoms with E-state index in [9.17, 15) is 4.79 Å². The predicted molar refractivity (Wildman–Crippen MR) is 115 cm³/mol. The summed E-state index contributed by atoms with van der Waals surface area (Å²) in [5.74, 6) is 2.34. The van der Waals surface area contributed by atoms with Crippen LogP contribution >= 0.6 is 0 Å². The zero-order valence-electron chi connectivity index (χ0n) is 17.3. The molecular formula is C22H31N5O. The summed E-state index contributed by atoms with van der Waals surface area (Å²) < 4.78 is 0. The lowest BCUT2D eigenvalue weighted by molar-refractivity contribution is 0.102. The van der Waals surface area contributed by atoms with Gasteiger partial charge in [0.1, 0.15) is 17.3 Å². The van der Waals surface area contributed by atoms with Crippen molar-refractivity contribution in [1.29, 1.82) is 0 Å². The van der Waals surface area contributed by atoms with Crippen LogP contribution in [0.25, 0.3) is 0 Å². The highest BCUT2D eigenvalue weighted by Gasteiger charge is 2.16. The van der Waals surface area contributed by atoms with Gasteiger partial charge in [0.25, 0.3) is 5.91 Å². The molecule has 0 atom stereocenters. The summed E-state index contributed by atoms with van der Waals surface area (Å²) in [6, 6.07) is 9.77. The fourth-order valence-electron chi connectivity index (χ4n) is 3.30. The van der Waals surface area contributed by atoms with E-state index < -0.39 is 0 Å². The summed E-state index contributed by atoms with van der Waals surface area (Å²) in [5.41, 5.74) is 2.35. The van der Waals surface area contributed by atoms with E-state index in [1.54, 1.807) is 13.0 Å². The van der Waals surface area contributed by atoms with Crippen molar-refractivity contribution >= 4 is 23.1 Å². The topological polar surface area (TPSA) is 70.2 Å². The first kappa shape index (κ1) is 20.1. The van der Waals surface area contributed by atoms with Crippen LogP contribution in [-0.2, 0) is 0 Å². The van der Waals surface area contributed by atoms with Crippen molar-refractivity contribution in [3.63, 3.8) is 0 Å². The van der Waals surface area contributed by atoms with Gasteiger partial charge in [0.05, 0.1) is 0 Å². The quantitative estimate of drug-likeness (QED) is 0.779. The largest absolute Gasteiger partial charge is 0.372 e. The van der Waals surface area contributed by atoms with Gasteiger partial charge in [-0.3, -0.25) is 4.79 Å². The van der Waals surface area contributed by atoms with Crippen molar-refractivity contribution in [3.05, 3.63) is 41.9 Å². The van der Waals surface area contributed by atoms with Crippen LogP contribution in [0.15, 0.2) is 30.3 Å². The Morgan fingerprint density at radius 3 is 2.50 bits per heavy atom. The Bertz CT molecular complexity index is 795. The normalized spacial score (nSPS) is 15.0. The van der Waals surface area contributed by atoms with E-state index in [1.807, 2.05) is 12.1 Å².